The summed E-state index contributed by atoms with van der Waals surface area (Å²) in [7, 11) is 0. The summed E-state index contributed by atoms with van der Waals surface area (Å²) in [6.07, 6.45) is 0. The summed E-state index contributed by atoms with van der Waals surface area (Å²) in [5, 5.41) is 5.11. The van der Waals surface area contributed by atoms with E-state index in [1.807, 2.05) is 0 Å². The van der Waals surface area contributed by atoms with Crippen LogP contribution in [0.5, 0.6) is 0 Å². The molecule has 0 spiro atoms. The fourth-order valence-electron chi connectivity index (χ4n) is 1.54. The highest BCUT2D eigenvalue weighted by molar-refractivity contribution is 5.89. The molecule has 1 rings (SSSR count). The summed E-state index contributed by atoms with van der Waals surface area (Å²) in [5.41, 5.74) is 0.346. The van der Waals surface area contributed by atoms with Crippen LogP contribution in [-0.4, -0.2) is 24.6 Å². The molecule has 0 saturated carbocycles. The van der Waals surface area contributed by atoms with Gasteiger partial charge in [0, 0.05) is 11.7 Å². The van der Waals surface area contributed by atoms with Gasteiger partial charge in [-0.3, -0.25) is 4.79 Å². The van der Waals surface area contributed by atoms with E-state index in [4.69, 9.17) is 4.74 Å². The molecule has 0 aliphatic heterocycles. The van der Waals surface area contributed by atoms with Crippen LogP contribution in [-0.2, 0) is 9.53 Å². The van der Waals surface area contributed by atoms with E-state index in [2.05, 4.69) is 10.6 Å². The van der Waals surface area contributed by atoms with Crippen molar-refractivity contribution in [3.8, 4) is 0 Å². The molecule has 0 heterocycles. The molecule has 0 aromatic heterocycles. The summed E-state index contributed by atoms with van der Waals surface area (Å²) in [4.78, 5) is 23.2. The van der Waals surface area contributed by atoms with Crippen LogP contribution in [0.2, 0.25) is 0 Å². The first-order valence-corrected chi connectivity index (χ1v) is 6.43. The monoisotopic (exact) mass is 282 g/mol. The summed E-state index contributed by atoms with van der Waals surface area (Å²) in [5.74, 6) is -1.27. The lowest BCUT2D eigenvalue weighted by atomic mass is 10.0. The van der Waals surface area contributed by atoms with Crippen LogP contribution >= 0.6 is 0 Å². The number of hydrogen-bond donors (Lipinski definition) is 2. The lowest BCUT2D eigenvalue weighted by Crippen LogP contribution is -2.42. The van der Waals surface area contributed by atoms with Crippen LogP contribution in [0.15, 0.2) is 24.3 Å². The van der Waals surface area contributed by atoms with Gasteiger partial charge >= 0.3 is 12.0 Å². The number of esters is 1. The van der Waals surface area contributed by atoms with E-state index in [1.165, 1.54) is 18.2 Å². The molecule has 0 fully saturated rings. The second kappa shape index (κ2) is 7.47. The number of nitrogens with one attached hydrogen (secondary N) is 2. The molecule has 0 bridgehead atoms. The van der Waals surface area contributed by atoms with Crippen LogP contribution in [0.3, 0.4) is 0 Å². The minimum absolute atomic E-state index is 0.297. The minimum atomic E-state index is -0.501. The Kier molecular flexibility index (Phi) is 5.96. The second-order valence-electron chi connectivity index (χ2n) is 4.44. The Hall–Kier alpha value is -2.11. The molecular weight excluding hydrogens is 263 g/mol. The number of benzene rings is 1. The zero-order chi connectivity index (χ0) is 15.1. The van der Waals surface area contributed by atoms with E-state index < -0.39 is 23.8 Å². The standard InChI is InChI=1S/C14H19FN2O3/c1-4-20-13(18)9(2)10(3)16-14(19)17-12-7-5-6-11(15)8-12/h5-10H,4H2,1-3H3,(H2,16,17,19)/t9-,10+/m0/s1. The van der Waals surface area contributed by atoms with Crippen molar-refractivity contribution in [1.29, 1.82) is 0 Å². The third kappa shape index (κ3) is 4.87. The first-order chi connectivity index (χ1) is 9.43. The number of carbonyl (C=O) groups is 2. The Morgan fingerprint density at radius 2 is 2.05 bits per heavy atom. The zero-order valence-corrected chi connectivity index (χ0v) is 11.8. The topological polar surface area (TPSA) is 67.4 Å². The normalized spacial score (nSPS) is 13.2. The maximum absolute atomic E-state index is 13.0. The smallest absolute Gasteiger partial charge is 0.319 e. The van der Waals surface area contributed by atoms with Crippen molar-refractivity contribution in [1.82, 2.24) is 5.32 Å². The molecule has 20 heavy (non-hydrogen) atoms. The van der Waals surface area contributed by atoms with Gasteiger partial charge in [0.2, 0.25) is 0 Å². The van der Waals surface area contributed by atoms with E-state index in [-0.39, 0.29) is 5.97 Å². The Morgan fingerprint density at radius 1 is 1.35 bits per heavy atom. The van der Waals surface area contributed by atoms with Gasteiger partial charge in [-0.15, -0.1) is 0 Å². The summed E-state index contributed by atoms with van der Waals surface area (Å²) in [6.45, 7) is 5.39. The predicted octanol–water partition coefficient (Wildman–Crippen LogP) is 2.53. The molecule has 0 radical (unpaired) electrons. The fraction of sp³-hybridized carbons (Fsp3) is 0.429. The fourth-order valence-corrected chi connectivity index (χ4v) is 1.54. The van der Waals surface area contributed by atoms with Gasteiger partial charge in [-0.1, -0.05) is 6.07 Å². The largest absolute Gasteiger partial charge is 0.466 e. The van der Waals surface area contributed by atoms with Crippen molar-refractivity contribution in [3.63, 3.8) is 0 Å². The van der Waals surface area contributed by atoms with Crippen LogP contribution in [0, 0.1) is 11.7 Å². The van der Waals surface area contributed by atoms with Crippen molar-refractivity contribution >= 4 is 17.7 Å². The lowest BCUT2D eigenvalue weighted by molar-refractivity contribution is -0.148. The first-order valence-electron chi connectivity index (χ1n) is 6.43. The van der Waals surface area contributed by atoms with Crippen LogP contribution in [0.1, 0.15) is 20.8 Å². The summed E-state index contributed by atoms with van der Waals surface area (Å²) >= 11 is 0. The van der Waals surface area contributed by atoms with Crippen LogP contribution in [0.25, 0.3) is 0 Å². The number of rotatable bonds is 5. The quantitative estimate of drug-likeness (QED) is 0.815. The Bertz CT molecular complexity index is 479. The van der Waals surface area contributed by atoms with Crippen LogP contribution < -0.4 is 10.6 Å². The first kappa shape index (κ1) is 15.9. The predicted molar refractivity (Wildman–Crippen MR) is 73.8 cm³/mol. The second-order valence-corrected chi connectivity index (χ2v) is 4.44. The molecule has 6 heteroatoms. The maximum Gasteiger partial charge on any atom is 0.319 e. The van der Waals surface area contributed by atoms with Crippen molar-refractivity contribution in [2.24, 2.45) is 5.92 Å². The van der Waals surface area contributed by atoms with Gasteiger partial charge in [0.25, 0.3) is 0 Å². The van der Waals surface area contributed by atoms with Crippen molar-refractivity contribution in [2.75, 3.05) is 11.9 Å². The molecule has 0 aliphatic rings. The zero-order valence-electron chi connectivity index (χ0n) is 11.8. The lowest BCUT2D eigenvalue weighted by Gasteiger charge is -2.20. The van der Waals surface area contributed by atoms with Gasteiger partial charge in [-0.25, -0.2) is 9.18 Å². The maximum atomic E-state index is 13.0. The van der Waals surface area contributed by atoms with Gasteiger partial charge in [0.15, 0.2) is 0 Å². The molecule has 5 nitrogen and oxygen atoms in total. The van der Waals surface area contributed by atoms with Crippen LogP contribution in [0.4, 0.5) is 14.9 Å². The highest BCUT2D eigenvalue weighted by Crippen LogP contribution is 2.10. The number of amides is 2. The average Bonchev–Trinajstić information content (AvgIpc) is 2.37. The molecule has 1 aromatic rings. The van der Waals surface area contributed by atoms with E-state index in [9.17, 15) is 14.0 Å². The number of ether oxygens (including phenoxy) is 1. The van der Waals surface area contributed by atoms with E-state index in [0.29, 0.717) is 12.3 Å². The Balaban J connectivity index is 2.51. The molecule has 2 amide bonds. The number of hydrogen-bond acceptors (Lipinski definition) is 3. The number of carbonyl (C=O) groups excluding carboxylic acids is 2. The molecule has 0 aliphatic carbocycles. The molecule has 0 unspecified atom stereocenters. The van der Waals surface area contributed by atoms with E-state index >= 15 is 0 Å². The summed E-state index contributed by atoms with van der Waals surface area (Å²) < 4.78 is 17.8. The van der Waals surface area contributed by atoms with Gasteiger partial charge in [-0.05, 0) is 39.0 Å². The third-order valence-corrected chi connectivity index (χ3v) is 2.85. The van der Waals surface area contributed by atoms with Crippen molar-refractivity contribution in [2.45, 2.75) is 26.8 Å². The average molecular weight is 282 g/mol. The molecule has 1 aromatic carbocycles. The third-order valence-electron chi connectivity index (χ3n) is 2.85. The molecule has 110 valence electrons. The summed E-state index contributed by atoms with van der Waals surface area (Å²) in [6, 6.07) is 4.66. The number of anilines is 1. The van der Waals surface area contributed by atoms with Gasteiger partial charge in [0.1, 0.15) is 5.82 Å². The molecule has 0 saturated heterocycles. The Morgan fingerprint density at radius 3 is 2.65 bits per heavy atom. The van der Waals surface area contributed by atoms with E-state index in [1.54, 1.807) is 26.8 Å². The Labute approximate surface area is 117 Å². The molecular formula is C14H19FN2O3. The van der Waals surface area contributed by atoms with Gasteiger partial charge < -0.3 is 15.4 Å². The van der Waals surface area contributed by atoms with Crippen molar-refractivity contribution in [3.05, 3.63) is 30.1 Å². The van der Waals surface area contributed by atoms with Gasteiger partial charge in [-0.2, -0.15) is 0 Å². The SMILES string of the molecule is CCOC(=O)[C@@H](C)[C@@H](C)NC(=O)Nc1cccc(F)c1. The highest BCUT2D eigenvalue weighted by atomic mass is 19.1. The molecule has 2 atom stereocenters. The van der Waals surface area contributed by atoms with E-state index in [0.717, 1.165) is 0 Å². The number of halogens is 1. The minimum Gasteiger partial charge on any atom is -0.466 e. The number of urea groups is 1. The highest BCUT2D eigenvalue weighted by Gasteiger charge is 2.22. The van der Waals surface area contributed by atoms with Crippen molar-refractivity contribution < 1.29 is 18.7 Å². The van der Waals surface area contributed by atoms with Gasteiger partial charge in [0.05, 0.1) is 12.5 Å². The molecule has 2 N–H and O–H groups in total.